The number of benzene rings is 1. The van der Waals surface area contributed by atoms with E-state index in [-0.39, 0.29) is 25.0 Å². The van der Waals surface area contributed by atoms with E-state index in [0.29, 0.717) is 5.56 Å². The minimum Gasteiger partial charge on any atom is -0.395 e. The molecule has 0 bridgehead atoms. The number of anilines is 1. The molecule has 1 aliphatic rings. The highest BCUT2D eigenvalue weighted by Gasteiger charge is 2.42. The van der Waals surface area contributed by atoms with Crippen LogP contribution in [0.1, 0.15) is 29.8 Å². The normalized spacial score (nSPS) is 16.4. The summed E-state index contributed by atoms with van der Waals surface area (Å²) in [5.74, 6) is -0.218. The summed E-state index contributed by atoms with van der Waals surface area (Å²) in [5, 5.41) is 11.3. The Balaban J connectivity index is 2.38. The molecule has 0 unspecified atom stereocenters. The molecule has 0 fully saturated rings. The Morgan fingerprint density at radius 2 is 2.11 bits per heavy atom. The number of likely N-dealkylation sites (N-methyl/N-ethyl adjacent to an activating group) is 1. The number of hydrogen-bond donors (Lipinski definition) is 2. The number of carbonyl (C=O) groups is 2. The molecule has 19 heavy (non-hydrogen) atoms. The van der Waals surface area contributed by atoms with Crippen LogP contribution in [0.25, 0.3) is 0 Å². The third kappa shape index (κ3) is 2.10. The fourth-order valence-electron chi connectivity index (χ4n) is 2.39. The lowest BCUT2D eigenvalue weighted by Gasteiger charge is -2.16. The number of nitrogens with one attached hydrogen (secondary N) is 1. The van der Waals surface area contributed by atoms with E-state index in [0.717, 1.165) is 11.3 Å². The van der Waals surface area contributed by atoms with Crippen molar-refractivity contribution in [2.75, 3.05) is 25.1 Å². The highest BCUT2D eigenvalue weighted by Crippen LogP contribution is 2.40. The number of hydrogen-bond acceptors (Lipinski definition) is 3. The molecule has 0 aromatic heterocycles. The van der Waals surface area contributed by atoms with Crippen molar-refractivity contribution >= 4 is 17.5 Å². The first-order valence-electron chi connectivity index (χ1n) is 6.21. The molecule has 0 radical (unpaired) electrons. The Hall–Kier alpha value is -1.88. The summed E-state index contributed by atoms with van der Waals surface area (Å²) in [6.07, 6.45) is 0. The second kappa shape index (κ2) is 4.66. The second-order valence-corrected chi connectivity index (χ2v) is 5.20. The van der Waals surface area contributed by atoms with Gasteiger partial charge in [-0.3, -0.25) is 9.59 Å². The Bertz CT molecular complexity index is 537. The first-order chi connectivity index (χ1) is 8.89. The molecule has 2 N–H and O–H groups in total. The molecule has 1 aliphatic heterocycles. The largest absolute Gasteiger partial charge is 0.395 e. The molecule has 2 amide bonds. The zero-order chi connectivity index (χ0) is 14.2. The highest BCUT2D eigenvalue weighted by atomic mass is 16.3. The number of aliphatic hydroxyl groups excluding tert-OH is 1. The maximum atomic E-state index is 12.1. The van der Waals surface area contributed by atoms with Gasteiger partial charge >= 0.3 is 0 Å². The van der Waals surface area contributed by atoms with Gasteiger partial charge in [0.25, 0.3) is 5.91 Å². The summed E-state index contributed by atoms with van der Waals surface area (Å²) in [4.78, 5) is 25.6. The molecular weight excluding hydrogens is 244 g/mol. The lowest BCUT2D eigenvalue weighted by Crippen LogP contribution is -2.33. The van der Waals surface area contributed by atoms with Gasteiger partial charge in [-0.2, -0.15) is 0 Å². The third-order valence-electron chi connectivity index (χ3n) is 3.53. The van der Waals surface area contributed by atoms with Gasteiger partial charge in [0, 0.05) is 24.8 Å². The number of amides is 2. The van der Waals surface area contributed by atoms with Crippen LogP contribution >= 0.6 is 0 Å². The van der Waals surface area contributed by atoms with Crippen LogP contribution in [0.3, 0.4) is 0 Å². The second-order valence-electron chi connectivity index (χ2n) is 5.20. The van der Waals surface area contributed by atoms with E-state index in [1.54, 1.807) is 30.1 Å². The lowest BCUT2D eigenvalue weighted by molar-refractivity contribution is -0.121. The van der Waals surface area contributed by atoms with Gasteiger partial charge in [0.15, 0.2) is 0 Å². The quantitative estimate of drug-likeness (QED) is 0.841. The van der Waals surface area contributed by atoms with Crippen LogP contribution in [0.5, 0.6) is 0 Å². The van der Waals surface area contributed by atoms with Crippen LogP contribution in [-0.4, -0.2) is 37.1 Å². The molecule has 102 valence electrons. The molecule has 0 saturated heterocycles. The number of nitrogens with zero attached hydrogens (tertiary/aromatic N) is 1. The molecule has 1 aromatic rings. The summed E-state index contributed by atoms with van der Waals surface area (Å²) in [6, 6.07) is 5.23. The summed E-state index contributed by atoms with van der Waals surface area (Å²) in [5.41, 5.74) is 1.59. The summed E-state index contributed by atoms with van der Waals surface area (Å²) in [7, 11) is 1.74. The maximum Gasteiger partial charge on any atom is 0.251 e. The predicted octanol–water partition coefficient (Wildman–Crippen LogP) is 0.663. The summed E-state index contributed by atoms with van der Waals surface area (Å²) in [6.45, 7) is 3.84. The lowest BCUT2D eigenvalue weighted by atomic mass is 9.85. The van der Waals surface area contributed by atoms with Crippen molar-refractivity contribution in [3.05, 3.63) is 29.3 Å². The fraction of sp³-hybridized carbons (Fsp3) is 0.429. The molecule has 0 saturated carbocycles. The van der Waals surface area contributed by atoms with Gasteiger partial charge in [-0.05, 0) is 37.6 Å². The van der Waals surface area contributed by atoms with E-state index in [1.165, 1.54) is 0 Å². The number of rotatable bonds is 3. The van der Waals surface area contributed by atoms with Crippen molar-refractivity contribution in [2.45, 2.75) is 19.3 Å². The van der Waals surface area contributed by atoms with Gasteiger partial charge < -0.3 is 15.3 Å². The van der Waals surface area contributed by atoms with Crippen LogP contribution < -0.4 is 10.2 Å². The Labute approximate surface area is 112 Å². The van der Waals surface area contributed by atoms with E-state index >= 15 is 0 Å². The van der Waals surface area contributed by atoms with E-state index in [1.807, 2.05) is 13.8 Å². The molecule has 2 rings (SSSR count). The SMILES string of the molecule is CN1C(=O)C(C)(C)c2cc(C(=O)NCCO)ccc21. The van der Waals surface area contributed by atoms with Crippen LogP contribution in [0.15, 0.2) is 18.2 Å². The van der Waals surface area contributed by atoms with E-state index in [4.69, 9.17) is 5.11 Å². The van der Waals surface area contributed by atoms with Crippen molar-refractivity contribution in [1.82, 2.24) is 5.32 Å². The average Bonchev–Trinajstić information content (AvgIpc) is 2.57. The first kappa shape index (κ1) is 13.5. The van der Waals surface area contributed by atoms with Crippen molar-refractivity contribution in [3.63, 3.8) is 0 Å². The van der Waals surface area contributed by atoms with Gasteiger partial charge in [-0.25, -0.2) is 0 Å². The molecule has 5 nitrogen and oxygen atoms in total. The van der Waals surface area contributed by atoms with Crippen LogP contribution in [-0.2, 0) is 10.2 Å². The van der Waals surface area contributed by atoms with Gasteiger partial charge in [0.1, 0.15) is 0 Å². The number of aliphatic hydroxyl groups is 1. The number of carbonyl (C=O) groups excluding carboxylic acids is 2. The average molecular weight is 262 g/mol. The highest BCUT2D eigenvalue weighted by molar-refractivity contribution is 6.08. The third-order valence-corrected chi connectivity index (χ3v) is 3.53. The van der Waals surface area contributed by atoms with Crippen molar-refractivity contribution in [3.8, 4) is 0 Å². The van der Waals surface area contributed by atoms with E-state index < -0.39 is 5.41 Å². The van der Waals surface area contributed by atoms with Crippen molar-refractivity contribution < 1.29 is 14.7 Å². The zero-order valence-corrected chi connectivity index (χ0v) is 11.4. The van der Waals surface area contributed by atoms with Gasteiger partial charge in [-0.15, -0.1) is 0 Å². The zero-order valence-electron chi connectivity index (χ0n) is 11.4. The molecular formula is C14H18N2O3. The molecule has 5 heteroatoms. The molecule has 1 aromatic carbocycles. The Morgan fingerprint density at radius 1 is 1.42 bits per heavy atom. The number of fused-ring (bicyclic) bond motifs is 1. The van der Waals surface area contributed by atoms with Gasteiger partial charge in [-0.1, -0.05) is 0 Å². The molecule has 1 heterocycles. The summed E-state index contributed by atoms with van der Waals surface area (Å²) >= 11 is 0. The van der Waals surface area contributed by atoms with Crippen LogP contribution in [0.4, 0.5) is 5.69 Å². The monoisotopic (exact) mass is 262 g/mol. The van der Waals surface area contributed by atoms with Gasteiger partial charge in [0.2, 0.25) is 5.91 Å². The predicted molar refractivity (Wildman–Crippen MR) is 72.3 cm³/mol. The minimum absolute atomic E-state index is 0.0235. The Kier molecular flexibility index (Phi) is 3.32. The van der Waals surface area contributed by atoms with Crippen molar-refractivity contribution in [2.24, 2.45) is 0 Å². The molecule has 0 aliphatic carbocycles. The molecule has 0 spiro atoms. The summed E-state index contributed by atoms with van der Waals surface area (Å²) < 4.78 is 0. The standard InChI is InChI=1S/C14H18N2O3/c1-14(2)10-8-9(12(18)15-6-7-17)4-5-11(10)16(3)13(14)19/h4-5,8,17H,6-7H2,1-3H3,(H,15,18). The van der Waals surface area contributed by atoms with E-state index in [2.05, 4.69) is 5.32 Å². The smallest absolute Gasteiger partial charge is 0.251 e. The topological polar surface area (TPSA) is 69.6 Å². The minimum atomic E-state index is -0.614. The van der Waals surface area contributed by atoms with E-state index in [9.17, 15) is 9.59 Å². The maximum absolute atomic E-state index is 12.1. The van der Waals surface area contributed by atoms with Crippen LogP contribution in [0, 0.1) is 0 Å². The Morgan fingerprint density at radius 3 is 2.74 bits per heavy atom. The van der Waals surface area contributed by atoms with Crippen molar-refractivity contribution in [1.29, 1.82) is 0 Å². The fourth-order valence-corrected chi connectivity index (χ4v) is 2.39. The van der Waals surface area contributed by atoms with Crippen LogP contribution in [0.2, 0.25) is 0 Å². The first-order valence-corrected chi connectivity index (χ1v) is 6.21. The van der Waals surface area contributed by atoms with Gasteiger partial charge in [0.05, 0.1) is 12.0 Å². The molecule has 0 atom stereocenters.